The zero-order valence-electron chi connectivity index (χ0n) is 14.7. The van der Waals surface area contributed by atoms with Gasteiger partial charge in [-0.05, 0) is 45.0 Å². The van der Waals surface area contributed by atoms with Crippen molar-refractivity contribution in [2.45, 2.75) is 44.2 Å². The van der Waals surface area contributed by atoms with Crippen LogP contribution in [-0.4, -0.2) is 36.2 Å². The van der Waals surface area contributed by atoms with Crippen molar-refractivity contribution in [2.24, 2.45) is 0 Å². The zero-order chi connectivity index (χ0) is 16.9. The molecule has 0 aliphatic rings. The molecule has 0 saturated carbocycles. The summed E-state index contributed by atoms with van der Waals surface area (Å²) in [5.74, 6) is 0. The molecule has 2 aromatic carbocycles. The molecule has 2 rings (SSSR count). The second kappa shape index (κ2) is 7.76. The molecule has 0 amide bonds. The standard InChI is InChI=1S/C21H29NO/c1-5-20(23)21(16-17(2)22(3)4,18-12-8-6-9-13-18)19-14-10-7-11-15-19/h6-15,17,20,23H,5,16H2,1-4H3/t17-,20?/m0/s1. The van der Waals surface area contributed by atoms with Gasteiger partial charge in [-0.1, -0.05) is 67.6 Å². The third kappa shape index (κ3) is 3.65. The monoisotopic (exact) mass is 311 g/mol. The maximum atomic E-state index is 11.1. The second-order valence-corrected chi connectivity index (χ2v) is 6.64. The van der Waals surface area contributed by atoms with Crippen LogP contribution in [0.25, 0.3) is 0 Å². The van der Waals surface area contributed by atoms with Gasteiger partial charge < -0.3 is 10.0 Å². The van der Waals surface area contributed by atoms with E-state index in [4.69, 9.17) is 0 Å². The highest BCUT2D eigenvalue weighted by Crippen LogP contribution is 2.41. The highest BCUT2D eigenvalue weighted by Gasteiger charge is 2.41. The first-order chi connectivity index (χ1) is 11.0. The predicted octanol–water partition coefficient (Wildman–Crippen LogP) is 4.08. The minimum atomic E-state index is -0.422. The Kier molecular flexibility index (Phi) is 5.97. The zero-order valence-corrected chi connectivity index (χ0v) is 14.7. The number of aliphatic hydroxyl groups is 1. The van der Waals surface area contributed by atoms with Crippen molar-refractivity contribution in [1.82, 2.24) is 4.90 Å². The van der Waals surface area contributed by atoms with Gasteiger partial charge in [-0.3, -0.25) is 0 Å². The fourth-order valence-electron chi connectivity index (χ4n) is 3.39. The molecule has 2 aromatic rings. The molecular weight excluding hydrogens is 282 g/mol. The smallest absolute Gasteiger partial charge is 0.0675 e. The Labute approximate surface area is 140 Å². The topological polar surface area (TPSA) is 23.5 Å². The number of hydrogen-bond acceptors (Lipinski definition) is 2. The third-order valence-corrected chi connectivity index (χ3v) is 5.03. The van der Waals surface area contributed by atoms with Gasteiger partial charge in [0.2, 0.25) is 0 Å². The normalized spacial score (nSPS) is 14.7. The van der Waals surface area contributed by atoms with Gasteiger partial charge >= 0.3 is 0 Å². The Morgan fingerprint density at radius 3 is 1.70 bits per heavy atom. The molecule has 0 saturated heterocycles. The van der Waals surface area contributed by atoms with Crippen LogP contribution in [0.15, 0.2) is 60.7 Å². The van der Waals surface area contributed by atoms with E-state index in [0.717, 1.165) is 12.8 Å². The molecule has 0 heterocycles. The van der Waals surface area contributed by atoms with Crippen LogP contribution in [0.3, 0.4) is 0 Å². The van der Waals surface area contributed by atoms with E-state index >= 15 is 0 Å². The lowest BCUT2D eigenvalue weighted by molar-refractivity contribution is 0.0773. The molecule has 0 aliphatic carbocycles. The van der Waals surface area contributed by atoms with Crippen LogP contribution in [-0.2, 0) is 5.41 Å². The summed E-state index contributed by atoms with van der Waals surface area (Å²) in [6.07, 6.45) is 1.18. The molecule has 1 N–H and O–H groups in total. The van der Waals surface area contributed by atoms with Gasteiger partial charge in [-0.25, -0.2) is 0 Å². The summed E-state index contributed by atoms with van der Waals surface area (Å²) in [5.41, 5.74) is 1.99. The Balaban J connectivity index is 2.63. The van der Waals surface area contributed by atoms with Crippen LogP contribution < -0.4 is 0 Å². The summed E-state index contributed by atoms with van der Waals surface area (Å²) in [6, 6.07) is 21.3. The summed E-state index contributed by atoms with van der Waals surface area (Å²) in [4.78, 5) is 2.23. The molecule has 0 aliphatic heterocycles. The summed E-state index contributed by atoms with van der Waals surface area (Å²) in [5, 5.41) is 11.1. The van der Waals surface area contributed by atoms with E-state index in [9.17, 15) is 5.11 Å². The fourth-order valence-corrected chi connectivity index (χ4v) is 3.39. The Bertz CT molecular complexity index is 540. The lowest BCUT2D eigenvalue weighted by Gasteiger charge is -2.42. The van der Waals surface area contributed by atoms with Gasteiger partial charge in [0.05, 0.1) is 6.10 Å². The number of benzene rings is 2. The fraction of sp³-hybridized carbons (Fsp3) is 0.429. The molecule has 2 nitrogen and oxygen atoms in total. The minimum absolute atomic E-state index is 0.358. The molecule has 0 bridgehead atoms. The molecule has 124 valence electrons. The van der Waals surface area contributed by atoms with Gasteiger partial charge in [0.1, 0.15) is 0 Å². The number of aliphatic hydroxyl groups excluding tert-OH is 1. The van der Waals surface area contributed by atoms with Gasteiger partial charge in [0, 0.05) is 11.5 Å². The van der Waals surface area contributed by atoms with Gasteiger partial charge in [-0.15, -0.1) is 0 Å². The van der Waals surface area contributed by atoms with Crippen LogP contribution >= 0.6 is 0 Å². The SMILES string of the molecule is CCC(O)C(C[C@H](C)N(C)C)(c1ccccc1)c1ccccc1. The van der Waals surface area contributed by atoms with Gasteiger partial charge in [0.15, 0.2) is 0 Å². The van der Waals surface area contributed by atoms with E-state index in [1.54, 1.807) is 0 Å². The van der Waals surface area contributed by atoms with Crippen LogP contribution in [0, 0.1) is 0 Å². The molecular formula is C21H29NO. The summed E-state index contributed by atoms with van der Waals surface area (Å²) in [7, 11) is 4.20. The number of nitrogens with zero attached hydrogens (tertiary/aromatic N) is 1. The molecule has 1 unspecified atom stereocenters. The lowest BCUT2D eigenvalue weighted by Crippen LogP contribution is -2.45. The molecule has 2 heteroatoms. The second-order valence-electron chi connectivity index (χ2n) is 6.64. The van der Waals surface area contributed by atoms with Crippen molar-refractivity contribution in [1.29, 1.82) is 0 Å². The maximum Gasteiger partial charge on any atom is 0.0675 e. The minimum Gasteiger partial charge on any atom is -0.392 e. The average molecular weight is 311 g/mol. The number of hydrogen-bond donors (Lipinski definition) is 1. The van der Waals surface area contributed by atoms with Gasteiger partial charge in [-0.2, -0.15) is 0 Å². The average Bonchev–Trinajstić information content (AvgIpc) is 2.60. The van der Waals surface area contributed by atoms with Crippen molar-refractivity contribution in [3.8, 4) is 0 Å². The number of rotatable bonds is 7. The van der Waals surface area contributed by atoms with Crippen molar-refractivity contribution in [3.63, 3.8) is 0 Å². The van der Waals surface area contributed by atoms with Crippen LogP contribution in [0.5, 0.6) is 0 Å². The summed E-state index contributed by atoms with van der Waals surface area (Å²) in [6.45, 7) is 4.29. The first-order valence-electron chi connectivity index (χ1n) is 8.48. The highest BCUT2D eigenvalue weighted by atomic mass is 16.3. The van der Waals surface area contributed by atoms with Crippen molar-refractivity contribution in [3.05, 3.63) is 71.8 Å². The largest absolute Gasteiger partial charge is 0.392 e. The maximum absolute atomic E-state index is 11.1. The molecule has 23 heavy (non-hydrogen) atoms. The molecule has 0 fully saturated rings. The third-order valence-electron chi connectivity index (χ3n) is 5.03. The van der Waals surface area contributed by atoms with E-state index < -0.39 is 6.10 Å². The van der Waals surface area contributed by atoms with E-state index in [1.807, 2.05) is 12.1 Å². The lowest BCUT2D eigenvalue weighted by atomic mass is 9.66. The first-order valence-corrected chi connectivity index (χ1v) is 8.48. The highest BCUT2D eigenvalue weighted by molar-refractivity contribution is 5.41. The van der Waals surface area contributed by atoms with Gasteiger partial charge in [0.25, 0.3) is 0 Å². The first kappa shape index (κ1) is 17.7. The van der Waals surface area contributed by atoms with E-state index in [2.05, 4.69) is 81.4 Å². The molecule has 0 radical (unpaired) electrons. The Hall–Kier alpha value is -1.64. The van der Waals surface area contributed by atoms with Crippen molar-refractivity contribution in [2.75, 3.05) is 14.1 Å². The summed E-state index contributed by atoms with van der Waals surface area (Å²) < 4.78 is 0. The Morgan fingerprint density at radius 1 is 0.913 bits per heavy atom. The van der Waals surface area contributed by atoms with E-state index in [-0.39, 0.29) is 5.41 Å². The molecule has 0 aromatic heterocycles. The van der Waals surface area contributed by atoms with Crippen LogP contribution in [0.1, 0.15) is 37.8 Å². The van der Waals surface area contributed by atoms with E-state index in [1.165, 1.54) is 11.1 Å². The van der Waals surface area contributed by atoms with Crippen molar-refractivity contribution >= 4 is 0 Å². The predicted molar refractivity (Wildman–Crippen MR) is 97.7 cm³/mol. The van der Waals surface area contributed by atoms with Crippen LogP contribution in [0.2, 0.25) is 0 Å². The Morgan fingerprint density at radius 2 is 1.35 bits per heavy atom. The van der Waals surface area contributed by atoms with Crippen molar-refractivity contribution < 1.29 is 5.11 Å². The van der Waals surface area contributed by atoms with E-state index in [0.29, 0.717) is 6.04 Å². The molecule has 2 atom stereocenters. The van der Waals surface area contributed by atoms with Crippen LogP contribution in [0.4, 0.5) is 0 Å². The quantitative estimate of drug-likeness (QED) is 0.832. The summed E-state index contributed by atoms with van der Waals surface area (Å²) >= 11 is 0. The molecule has 0 spiro atoms.